The van der Waals surface area contributed by atoms with Crippen molar-refractivity contribution < 1.29 is 0 Å². The van der Waals surface area contributed by atoms with E-state index in [1.54, 1.807) is 0 Å². The smallest absolute Gasteiger partial charge is 0.0392 e. The third-order valence-corrected chi connectivity index (χ3v) is 22.3. The topological polar surface area (TPSA) is 0 Å². The Morgan fingerprint density at radius 2 is 0.200 bits per heavy atom. The first-order chi connectivity index (χ1) is 43.6. The predicted molar refractivity (Wildman–Crippen MR) is 432 cm³/mol. The lowest BCUT2D eigenvalue weighted by Gasteiger charge is -2.15. The van der Waals surface area contributed by atoms with Gasteiger partial charge in [-0.25, -0.2) is 0 Å². The Kier molecular flexibility index (Phi) is 35.0. The van der Waals surface area contributed by atoms with Crippen LogP contribution in [0.15, 0.2) is 78.9 Å². The fraction of sp³-hybridized carbons (Fsp3) is 0.432. The van der Waals surface area contributed by atoms with Crippen LogP contribution in [0.5, 0.6) is 0 Å². The van der Waals surface area contributed by atoms with Gasteiger partial charge >= 0.3 is 0 Å². The largest absolute Gasteiger partial charge is 0.0588 e. The highest BCUT2D eigenvalue weighted by atomic mass is 14.1. The van der Waals surface area contributed by atoms with E-state index < -0.39 is 0 Å². The number of hydrogen-bond donors (Lipinski definition) is 0. The van der Waals surface area contributed by atoms with Crippen LogP contribution >= 0.6 is 0 Å². The summed E-state index contributed by atoms with van der Waals surface area (Å²) in [7, 11) is 0. The average Bonchev–Trinajstić information content (AvgIpc) is 0.848. The van der Waals surface area contributed by atoms with Crippen LogP contribution in [0, 0.1) is 284 Å². The molecule has 0 aliphatic rings. The lowest BCUT2D eigenvalue weighted by atomic mass is 9.90. The fourth-order valence-corrected chi connectivity index (χ4v) is 11.7. The van der Waals surface area contributed by atoms with Crippen LogP contribution in [0.3, 0.4) is 0 Å². The van der Waals surface area contributed by atoms with Gasteiger partial charge in [0.25, 0.3) is 0 Å². The van der Waals surface area contributed by atoms with Gasteiger partial charge in [-0.1, -0.05) is 90.0 Å². The maximum Gasteiger partial charge on any atom is -0.0392 e. The second-order valence-corrected chi connectivity index (χ2v) is 28.9. The second-order valence-electron chi connectivity index (χ2n) is 28.9. The number of benzene rings is 9. The van der Waals surface area contributed by atoms with Crippen LogP contribution in [0.25, 0.3) is 0 Å². The highest BCUT2D eigenvalue weighted by Gasteiger charge is 2.09. The first-order valence-corrected chi connectivity index (χ1v) is 35.0. The molecular weight excluding hydrogens is 1140 g/mol. The Bertz CT molecular complexity index is 3460. The quantitative estimate of drug-likeness (QED) is 0.142. The van der Waals surface area contributed by atoms with Gasteiger partial charge in [0.15, 0.2) is 0 Å². The maximum absolute atomic E-state index is 2.26. The lowest BCUT2D eigenvalue weighted by molar-refractivity contribution is 1.13. The molecule has 9 aromatic carbocycles. The summed E-state index contributed by atoms with van der Waals surface area (Å²) in [5.41, 5.74) is 58.1. The van der Waals surface area contributed by atoms with Crippen LogP contribution < -0.4 is 0 Å². The molecule has 516 valence electrons. The minimum Gasteiger partial charge on any atom is -0.0588 e. The second kappa shape index (κ2) is 38.7. The van der Waals surface area contributed by atoms with E-state index in [2.05, 4.69) is 363 Å². The van der Waals surface area contributed by atoms with E-state index in [1.165, 1.54) is 228 Å². The molecule has 0 saturated carbocycles. The normalized spacial score (nSPS) is 10.2. The molecule has 9 aromatic rings. The monoisotopic (exact) mass is 1280 g/mol. The van der Waals surface area contributed by atoms with Crippen molar-refractivity contribution in [3.63, 3.8) is 0 Å². The first-order valence-electron chi connectivity index (χ1n) is 35.0. The van der Waals surface area contributed by atoms with Crippen molar-refractivity contribution in [2.45, 2.75) is 284 Å². The lowest BCUT2D eigenvalue weighted by Crippen LogP contribution is -1.98. The zero-order valence-corrected chi connectivity index (χ0v) is 69.0. The van der Waals surface area contributed by atoms with E-state index in [0.29, 0.717) is 0 Å². The van der Waals surface area contributed by atoms with Gasteiger partial charge in [0.1, 0.15) is 0 Å². The standard InChI is InChI=1S/C12H18.3C11H16.5C10H14/c1-7-8(2)10(4)12(6)11(5)9(7)3;3*1-7-6-8(2)10(4)11(5)9(7)3;2*1-7-5-9(3)10(4)6-8(7)2;2*1-7-5-8(2)10(4)9(3)6-7;1-7-5-6-8(2)10(4)9(7)3/h1-6H3;3*6H,1-5H3;5*5-6H,1-4H3. The molecular formula is C95H136. The molecule has 0 atom stereocenters. The SMILES string of the molecule is Cc1c(C)c(C)c(C)c(C)c1C.Cc1cc(C)c(C)c(C)c1.Cc1cc(C)c(C)c(C)c1.Cc1cc(C)c(C)c(C)c1C.Cc1cc(C)c(C)c(C)c1C.Cc1cc(C)c(C)c(C)c1C.Cc1cc(C)c(C)cc1C.Cc1cc(C)c(C)cc1C.Cc1ccc(C)c(C)c1C. The molecule has 95 heavy (non-hydrogen) atoms. The molecule has 0 nitrogen and oxygen atoms in total. The van der Waals surface area contributed by atoms with Gasteiger partial charge in [-0.05, 0) is 501 Å². The third-order valence-electron chi connectivity index (χ3n) is 22.3. The van der Waals surface area contributed by atoms with Crippen molar-refractivity contribution in [1.29, 1.82) is 0 Å². The van der Waals surface area contributed by atoms with E-state index >= 15 is 0 Å². The van der Waals surface area contributed by atoms with E-state index in [9.17, 15) is 0 Å². The molecule has 0 N–H and O–H groups in total. The van der Waals surface area contributed by atoms with Crippen molar-refractivity contribution in [2.24, 2.45) is 0 Å². The molecule has 9 rings (SSSR count). The van der Waals surface area contributed by atoms with E-state index in [-0.39, 0.29) is 0 Å². The summed E-state index contributed by atoms with van der Waals surface area (Å²) in [5, 5.41) is 0. The molecule has 0 radical (unpaired) electrons. The molecule has 0 heterocycles. The fourth-order valence-electron chi connectivity index (χ4n) is 11.7. The molecule has 0 amide bonds. The van der Waals surface area contributed by atoms with E-state index in [4.69, 9.17) is 0 Å². The molecule has 0 fully saturated rings. The summed E-state index contributed by atoms with van der Waals surface area (Å²) < 4.78 is 0. The zero-order chi connectivity index (χ0) is 73.9. The van der Waals surface area contributed by atoms with Crippen molar-refractivity contribution in [3.8, 4) is 0 Å². The van der Waals surface area contributed by atoms with E-state index in [1.807, 2.05) is 0 Å². The molecule has 0 spiro atoms. The van der Waals surface area contributed by atoms with Gasteiger partial charge < -0.3 is 0 Å². The molecule has 0 saturated heterocycles. The van der Waals surface area contributed by atoms with Crippen LogP contribution in [-0.4, -0.2) is 0 Å². The Labute approximate surface area is 587 Å². The molecule has 0 aliphatic heterocycles. The minimum absolute atomic E-state index is 1.36. The van der Waals surface area contributed by atoms with Crippen molar-refractivity contribution in [2.75, 3.05) is 0 Å². The Balaban J connectivity index is 0.000000535. The molecule has 0 aromatic heterocycles. The number of aryl methyl sites for hydroxylation is 22. The summed E-state index contributed by atoms with van der Waals surface area (Å²) >= 11 is 0. The van der Waals surface area contributed by atoms with Crippen LogP contribution in [0.1, 0.15) is 228 Å². The predicted octanol–water partition coefficient (Wildman–Crippen LogP) is 27.8. The van der Waals surface area contributed by atoms with E-state index in [0.717, 1.165) is 0 Å². The number of hydrogen-bond acceptors (Lipinski definition) is 0. The average molecular weight is 1280 g/mol. The summed E-state index contributed by atoms with van der Waals surface area (Å²) in [4.78, 5) is 0. The molecule has 0 bridgehead atoms. The molecule has 0 aliphatic carbocycles. The Morgan fingerprint density at radius 1 is 0.0947 bits per heavy atom. The van der Waals surface area contributed by atoms with Gasteiger partial charge in [-0.2, -0.15) is 0 Å². The first kappa shape index (κ1) is 86.0. The van der Waals surface area contributed by atoms with Crippen LogP contribution in [-0.2, 0) is 0 Å². The number of rotatable bonds is 0. The highest BCUT2D eigenvalue weighted by Crippen LogP contribution is 2.26. The van der Waals surface area contributed by atoms with Crippen molar-refractivity contribution in [3.05, 3.63) is 307 Å². The van der Waals surface area contributed by atoms with Gasteiger partial charge in [0, 0.05) is 0 Å². The highest BCUT2D eigenvalue weighted by molar-refractivity contribution is 5.50. The molecule has 0 unspecified atom stereocenters. The molecule has 0 heteroatoms. The summed E-state index contributed by atoms with van der Waals surface area (Å²) in [6.07, 6.45) is 0. The zero-order valence-electron chi connectivity index (χ0n) is 69.0. The maximum atomic E-state index is 2.26. The summed E-state index contributed by atoms with van der Waals surface area (Å²) in [5.74, 6) is 0. The van der Waals surface area contributed by atoms with Crippen molar-refractivity contribution >= 4 is 0 Å². The summed E-state index contributed by atoms with van der Waals surface area (Å²) in [6, 6.07) is 29.0. The third kappa shape index (κ3) is 25.2. The van der Waals surface area contributed by atoms with Crippen molar-refractivity contribution in [1.82, 2.24) is 0 Å². The Hall–Kier alpha value is -7.02. The van der Waals surface area contributed by atoms with Gasteiger partial charge in [0.05, 0.1) is 0 Å². The van der Waals surface area contributed by atoms with Gasteiger partial charge in [0.2, 0.25) is 0 Å². The Morgan fingerprint density at radius 3 is 0.347 bits per heavy atom. The van der Waals surface area contributed by atoms with Crippen LogP contribution in [0.4, 0.5) is 0 Å². The minimum atomic E-state index is 1.36. The summed E-state index contributed by atoms with van der Waals surface area (Å²) in [6.45, 7) is 89.2. The van der Waals surface area contributed by atoms with Gasteiger partial charge in [-0.15, -0.1) is 0 Å². The van der Waals surface area contributed by atoms with Gasteiger partial charge in [-0.3, -0.25) is 0 Å². The van der Waals surface area contributed by atoms with Crippen LogP contribution in [0.2, 0.25) is 0 Å².